The van der Waals surface area contributed by atoms with Gasteiger partial charge >= 0.3 is 0 Å². The Morgan fingerprint density at radius 2 is 1.86 bits per heavy atom. The van der Waals surface area contributed by atoms with Gasteiger partial charge in [-0.2, -0.15) is 5.10 Å². The predicted octanol–water partition coefficient (Wildman–Crippen LogP) is 2.15. The predicted molar refractivity (Wildman–Crippen MR) is 109 cm³/mol. The van der Waals surface area contributed by atoms with Gasteiger partial charge < -0.3 is 0 Å². The van der Waals surface area contributed by atoms with E-state index in [0.29, 0.717) is 16.7 Å². The van der Waals surface area contributed by atoms with Crippen LogP contribution in [0.4, 0.5) is 0 Å². The van der Waals surface area contributed by atoms with Gasteiger partial charge in [0.2, 0.25) is 0 Å². The number of aromatic nitrogens is 6. The van der Waals surface area contributed by atoms with Gasteiger partial charge in [0.05, 0.1) is 29.0 Å². The van der Waals surface area contributed by atoms with Gasteiger partial charge in [-0.25, -0.2) is 14.2 Å². The van der Waals surface area contributed by atoms with E-state index >= 15 is 0 Å². The first-order valence-electron chi connectivity index (χ1n) is 9.09. The van der Waals surface area contributed by atoms with E-state index in [0.717, 1.165) is 22.3 Å². The Labute approximate surface area is 164 Å². The Morgan fingerprint density at radius 1 is 1.03 bits per heavy atom. The van der Waals surface area contributed by atoms with Gasteiger partial charge in [-0.1, -0.05) is 18.2 Å². The number of pyridine rings is 1. The van der Waals surface area contributed by atoms with Crippen molar-refractivity contribution < 1.29 is 0 Å². The number of aryl methyl sites for hydroxylation is 1. The fraction of sp³-hybridized carbons (Fsp3) is 0.0952. The fourth-order valence-electron chi connectivity index (χ4n) is 3.46. The summed E-state index contributed by atoms with van der Waals surface area (Å²) in [6.07, 6.45) is 3.39. The zero-order chi connectivity index (χ0) is 20.0. The van der Waals surface area contributed by atoms with Crippen molar-refractivity contribution in [2.75, 3.05) is 0 Å². The molecule has 0 saturated heterocycles. The van der Waals surface area contributed by atoms with Crippen molar-refractivity contribution in [1.29, 1.82) is 0 Å². The largest absolute Gasteiger partial charge is 0.289 e. The summed E-state index contributed by atoms with van der Waals surface area (Å²) in [6.45, 7) is 1.97. The number of rotatable bonds is 3. The van der Waals surface area contributed by atoms with E-state index < -0.39 is 0 Å². The molecule has 8 heteroatoms. The van der Waals surface area contributed by atoms with Crippen LogP contribution in [0.15, 0.2) is 70.5 Å². The highest BCUT2D eigenvalue weighted by molar-refractivity contribution is 5.83. The average Bonchev–Trinajstić information content (AvgIpc) is 3.17. The smallest absolute Gasteiger partial charge is 0.275 e. The minimum absolute atomic E-state index is 0.115. The highest BCUT2D eigenvalue weighted by Crippen LogP contribution is 2.17. The summed E-state index contributed by atoms with van der Waals surface area (Å²) in [7, 11) is 0. The fourth-order valence-corrected chi connectivity index (χ4v) is 3.46. The van der Waals surface area contributed by atoms with Gasteiger partial charge in [-0.05, 0) is 25.1 Å². The van der Waals surface area contributed by atoms with Crippen LogP contribution in [0.2, 0.25) is 0 Å². The van der Waals surface area contributed by atoms with Gasteiger partial charge in [0.25, 0.3) is 11.1 Å². The Morgan fingerprint density at radius 3 is 2.66 bits per heavy atom. The second-order valence-corrected chi connectivity index (χ2v) is 6.78. The van der Waals surface area contributed by atoms with Gasteiger partial charge in [0, 0.05) is 35.5 Å². The number of H-pyrrole nitrogens is 1. The van der Waals surface area contributed by atoms with Crippen molar-refractivity contribution in [2.24, 2.45) is 0 Å². The number of benzene rings is 1. The van der Waals surface area contributed by atoms with E-state index in [1.807, 2.05) is 37.3 Å². The normalized spacial score (nSPS) is 11.3. The molecule has 1 aromatic carbocycles. The molecule has 0 amide bonds. The SMILES string of the molecule is Cc1nn(Cc2cc(=O)n3[nH]c(-c4cccnc4)cc3n2)c(=O)c2ccccc12. The Hall–Kier alpha value is -4.07. The van der Waals surface area contributed by atoms with Crippen molar-refractivity contribution >= 4 is 16.4 Å². The maximum atomic E-state index is 12.8. The Bertz CT molecular complexity index is 1480. The molecule has 1 N–H and O–H groups in total. The number of fused-ring (bicyclic) bond motifs is 2. The van der Waals surface area contributed by atoms with Crippen LogP contribution in [-0.2, 0) is 6.54 Å². The van der Waals surface area contributed by atoms with Crippen LogP contribution in [0.25, 0.3) is 27.7 Å². The van der Waals surface area contributed by atoms with E-state index in [1.165, 1.54) is 15.3 Å². The molecule has 0 radical (unpaired) electrons. The first-order valence-corrected chi connectivity index (χ1v) is 9.09. The maximum Gasteiger partial charge on any atom is 0.275 e. The molecule has 0 atom stereocenters. The third kappa shape index (κ3) is 2.91. The van der Waals surface area contributed by atoms with E-state index in [2.05, 4.69) is 20.2 Å². The van der Waals surface area contributed by atoms with E-state index in [9.17, 15) is 9.59 Å². The quantitative estimate of drug-likeness (QED) is 0.514. The standard InChI is InChI=1S/C21H16N6O2/c1-13-16-6-2-3-7-17(16)21(29)26(24-13)12-15-9-20(28)27-19(23-15)10-18(25-27)14-5-4-8-22-11-14/h2-11,25H,12H2,1H3. The van der Waals surface area contributed by atoms with Crippen LogP contribution < -0.4 is 11.1 Å². The summed E-state index contributed by atoms with van der Waals surface area (Å²) < 4.78 is 2.72. The minimum Gasteiger partial charge on any atom is -0.289 e. The first kappa shape index (κ1) is 17.1. The van der Waals surface area contributed by atoms with E-state index in [1.54, 1.807) is 24.5 Å². The van der Waals surface area contributed by atoms with Crippen LogP contribution in [0.5, 0.6) is 0 Å². The maximum absolute atomic E-state index is 12.8. The average molecular weight is 384 g/mol. The zero-order valence-corrected chi connectivity index (χ0v) is 15.5. The van der Waals surface area contributed by atoms with Crippen LogP contribution >= 0.6 is 0 Å². The molecule has 0 bridgehead atoms. The van der Waals surface area contributed by atoms with Gasteiger partial charge in [-0.15, -0.1) is 0 Å². The minimum atomic E-state index is -0.259. The molecule has 8 nitrogen and oxygen atoms in total. The number of aromatic amines is 1. The van der Waals surface area contributed by atoms with Gasteiger partial charge in [0.1, 0.15) is 0 Å². The van der Waals surface area contributed by atoms with Crippen LogP contribution in [0.1, 0.15) is 11.4 Å². The lowest BCUT2D eigenvalue weighted by Gasteiger charge is -2.08. The molecule has 4 aromatic heterocycles. The summed E-state index contributed by atoms with van der Waals surface area (Å²) in [5.41, 5.74) is 2.80. The highest BCUT2D eigenvalue weighted by atomic mass is 16.1. The lowest BCUT2D eigenvalue weighted by atomic mass is 10.1. The summed E-state index contributed by atoms with van der Waals surface area (Å²) in [5, 5.41) is 8.85. The number of nitrogens with one attached hydrogen (secondary N) is 1. The molecule has 29 heavy (non-hydrogen) atoms. The summed E-state index contributed by atoms with van der Waals surface area (Å²) >= 11 is 0. The highest BCUT2D eigenvalue weighted by Gasteiger charge is 2.12. The first-order chi connectivity index (χ1) is 14.1. The zero-order valence-electron chi connectivity index (χ0n) is 15.5. The van der Waals surface area contributed by atoms with Crippen molar-refractivity contribution in [3.8, 4) is 11.3 Å². The second kappa shape index (κ2) is 6.52. The van der Waals surface area contributed by atoms with Crippen LogP contribution in [0, 0.1) is 6.92 Å². The Kier molecular flexibility index (Phi) is 3.83. The monoisotopic (exact) mass is 384 g/mol. The third-order valence-corrected chi connectivity index (χ3v) is 4.84. The molecule has 5 rings (SSSR count). The molecule has 0 aliphatic rings. The molecule has 4 heterocycles. The van der Waals surface area contributed by atoms with Gasteiger partial charge in [-0.3, -0.25) is 19.7 Å². The van der Waals surface area contributed by atoms with Crippen molar-refractivity contribution in [3.63, 3.8) is 0 Å². The molecule has 0 unspecified atom stereocenters. The summed E-state index contributed by atoms with van der Waals surface area (Å²) in [6, 6.07) is 14.3. The molecule has 0 spiro atoms. The summed E-state index contributed by atoms with van der Waals surface area (Å²) in [4.78, 5) is 34.0. The number of nitrogens with zero attached hydrogens (tertiary/aromatic N) is 5. The Balaban J connectivity index is 1.60. The third-order valence-electron chi connectivity index (χ3n) is 4.84. The van der Waals surface area contributed by atoms with Crippen LogP contribution in [-0.4, -0.2) is 29.4 Å². The van der Waals surface area contributed by atoms with Crippen molar-refractivity contribution in [3.05, 3.63) is 93.0 Å². The molecule has 142 valence electrons. The molecule has 0 aliphatic heterocycles. The summed E-state index contributed by atoms with van der Waals surface area (Å²) in [5.74, 6) is 0. The second-order valence-electron chi connectivity index (χ2n) is 6.78. The lowest BCUT2D eigenvalue weighted by Crippen LogP contribution is -2.26. The molecule has 0 fully saturated rings. The number of hydrogen-bond acceptors (Lipinski definition) is 5. The van der Waals surface area contributed by atoms with E-state index in [4.69, 9.17) is 0 Å². The van der Waals surface area contributed by atoms with Crippen molar-refractivity contribution in [1.82, 2.24) is 29.4 Å². The molecule has 0 aliphatic carbocycles. The molecule has 0 saturated carbocycles. The topological polar surface area (TPSA) is 97.9 Å². The van der Waals surface area contributed by atoms with Crippen LogP contribution in [0.3, 0.4) is 0 Å². The van der Waals surface area contributed by atoms with Crippen molar-refractivity contribution in [2.45, 2.75) is 13.5 Å². The number of hydrogen-bond donors (Lipinski definition) is 1. The molecule has 5 aromatic rings. The lowest BCUT2D eigenvalue weighted by molar-refractivity contribution is 0.625. The molecular weight excluding hydrogens is 368 g/mol. The molecular formula is C21H16N6O2. The van der Waals surface area contributed by atoms with Gasteiger partial charge in [0.15, 0.2) is 5.65 Å². The van der Waals surface area contributed by atoms with E-state index in [-0.39, 0.29) is 17.7 Å².